The van der Waals surface area contributed by atoms with Gasteiger partial charge in [-0.05, 0) is 6.92 Å². The summed E-state index contributed by atoms with van der Waals surface area (Å²) in [5, 5.41) is 8.78. The fourth-order valence-electron chi connectivity index (χ4n) is 1.98. The molecule has 2 atom stereocenters. The highest BCUT2D eigenvalue weighted by atomic mass is 16.4. The number of nitrogens with zero attached hydrogens (tertiary/aromatic N) is 2. The summed E-state index contributed by atoms with van der Waals surface area (Å²) in [5.41, 5.74) is 0. The molecule has 4 nitrogen and oxygen atoms in total. The summed E-state index contributed by atoms with van der Waals surface area (Å²) in [6.07, 6.45) is 0.253. The zero-order chi connectivity index (χ0) is 10.9. The van der Waals surface area contributed by atoms with Gasteiger partial charge in [-0.1, -0.05) is 0 Å². The smallest absolute Gasteiger partial charge is 0.303 e. The lowest BCUT2D eigenvalue weighted by Gasteiger charge is -2.32. The monoisotopic (exact) mass is 199 g/mol. The van der Waals surface area contributed by atoms with Crippen molar-refractivity contribution in [3.05, 3.63) is 0 Å². The second kappa shape index (κ2) is 3.98. The Hall–Kier alpha value is -1.06. The minimum atomic E-state index is -0.705. The molecule has 0 bridgehead atoms. The summed E-state index contributed by atoms with van der Waals surface area (Å²) in [6, 6.07) is 0.308. The lowest BCUT2D eigenvalue weighted by atomic mass is 9.94. The normalized spacial score (nSPS) is 28.1. The van der Waals surface area contributed by atoms with Crippen LogP contribution in [0.25, 0.3) is 0 Å². The van der Waals surface area contributed by atoms with E-state index in [1.54, 1.807) is 0 Å². The summed E-state index contributed by atoms with van der Waals surface area (Å²) in [4.78, 5) is 12.8. The molecule has 1 rings (SSSR count). The van der Waals surface area contributed by atoms with E-state index >= 15 is 0 Å². The van der Waals surface area contributed by atoms with Gasteiger partial charge in [-0.2, -0.15) is 0 Å². The van der Waals surface area contributed by atoms with E-state index in [0.29, 0.717) is 6.04 Å². The maximum Gasteiger partial charge on any atom is 0.303 e. The van der Waals surface area contributed by atoms with Gasteiger partial charge in [0.15, 0.2) is 0 Å². The van der Waals surface area contributed by atoms with Gasteiger partial charge in [0.25, 0.3) is 0 Å². The quantitative estimate of drug-likeness (QED) is 0.657. The molecule has 0 saturated heterocycles. The van der Waals surface area contributed by atoms with E-state index in [0.717, 1.165) is 6.54 Å². The van der Waals surface area contributed by atoms with Gasteiger partial charge in [-0.15, -0.1) is 0 Å². The first-order valence-electron chi connectivity index (χ1n) is 4.92. The molecule has 0 aliphatic carbocycles. The molecule has 1 N–H and O–H groups in total. The SMILES string of the molecule is CC1=[N+](C)CC(CC(=O)O)C(C)N1C. The van der Waals surface area contributed by atoms with Gasteiger partial charge in [0.2, 0.25) is 5.84 Å². The van der Waals surface area contributed by atoms with Gasteiger partial charge in [-0.25, -0.2) is 0 Å². The third-order valence-corrected chi connectivity index (χ3v) is 3.30. The zero-order valence-electron chi connectivity index (χ0n) is 9.32. The number of hydrogen-bond donors (Lipinski definition) is 1. The van der Waals surface area contributed by atoms with Crippen LogP contribution in [-0.4, -0.2) is 53.1 Å². The molecule has 0 aromatic carbocycles. The average molecular weight is 199 g/mol. The van der Waals surface area contributed by atoms with Crippen LogP contribution in [-0.2, 0) is 4.79 Å². The van der Waals surface area contributed by atoms with E-state index in [2.05, 4.69) is 23.3 Å². The molecule has 80 valence electrons. The maximum absolute atomic E-state index is 10.7. The number of aliphatic carboxylic acids is 1. The fraction of sp³-hybridized carbons (Fsp3) is 0.800. The van der Waals surface area contributed by atoms with Crippen molar-refractivity contribution in [1.82, 2.24) is 4.90 Å². The Morgan fingerprint density at radius 3 is 2.79 bits per heavy atom. The van der Waals surface area contributed by atoms with Crippen LogP contribution in [0.1, 0.15) is 20.3 Å². The third kappa shape index (κ3) is 2.05. The fourth-order valence-corrected chi connectivity index (χ4v) is 1.98. The minimum Gasteiger partial charge on any atom is -0.481 e. The predicted octanol–water partition coefficient (Wildman–Crippen LogP) is 0.472. The number of carbonyl (C=O) groups is 1. The van der Waals surface area contributed by atoms with Crippen molar-refractivity contribution in [3.63, 3.8) is 0 Å². The highest BCUT2D eigenvalue weighted by molar-refractivity contribution is 5.75. The van der Waals surface area contributed by atoms with Gasteiger partial charge >= 0.3 is 5.97 Å². The molecular formula is C10H19N2O2+. The van der Waals surface area contributed by atoms with E-state index in [1.807, 2.05) is 14.1 Å². The molecule has 1 aliphatic heterocycles. The summed E-state index contributed by atoms with van der Waals surface area (Å²) >= 11 is 0. The topological polar surface area (TPSA) is 43.6 Å². The number of amidine groups is 1. The number of carboxylic acids is 1. The lowest BCUT2D eigenvalue weighted by molar-refractivity contribution is -0.519. The van der Waals surface area contributed by atoms with Crippen LogP contribution in [0.15, 0.2) is 0 Å². The highest BCUT2D eigenvalue weighted by Gasteiger charge is 2.35. The first-order chi connectivity index (χ1) is 6.43. The van der Waals surface area contributed by atoms with Gasteiger partial charge in [0.05, 0.1) is 33.1 Å². The Labute approximate surface area is 84.8 Å². The predicted molar refractivity (Wildman–Crippen MR) is 54.7 cm³/mol. The van der Waals surface area contributed by atoms with Crippen LogP contribution in [0.3, 0.4) is 0 Å². The molecule has 0 saturated carbocycles. The van der Waals surface area contributed by atoms with Crippen LogP contribution in [0.4, 0.5) is 0 Å². The van der Waals surface area contributed by atoms with Crippen molar-refractivity contribution in [2.24, 2.45) is 5.92 Å². The van der Waals surface area contributed by atoms with E-state index in [-0.39, 0.29) is 12.3 Å². The number of rotatable bonds is 2. The Bertz CT molecular complexity index is 273. The first-order valence-corrected chi connectivity index (χ1v) is 4.92. The van der Waals surface area contributed by atoms with Crippen LogP contribution in [0.2, 0.25) is 0 Å². The first kappa shape index (κ1) is 11.0. The molecule has 0 fully saturated rings. The van der Waals surface area contributed by atoms with E-state index < -0.39 is 5.97 Å². The van der Waals surface area contributed by atoms with Crippen LogP contribution >= 0.6 is 0 Å². The van der Waals surface area contributed by atoms with Crippen LogP contribution in [0, 0.1) is 5.92 Å². The van der Waals surface area contributed by atoms with Crippen molar-refractivity contribution in [3.8, 4) is 0 Å². The molecule has 0 spiro atoms. The summed E-state index contributed by atoms with van der Waals surface area (Å²) in [5.74, 6) is 0.716. The molecule has 0 amide bonds. The van der Waals surface area contributed by atoms with Gasteiger partial charge in [0, 0.05) is 12.8 Å². The van der Waals surface area contributed by atoms with Crippen molar-refractivity contribution in [2.45, 2.75) is 26.3 Å². The lowest BCUT2D eigenvalue weighted by Crippen LogP contribution is -2.50. The molecule has 0 aromatic rings. The molecule has 4 heteroatoms. The van der Waals surface area contributed by atoms with Gasteiger partial charge in [-0.3, -0.25) is 14.3 Å². The van der Waals surface area contributed by atoms with E-state index in [4.69, 9.17) is 5.11 Å². The van der Waals surface area contributed by atoms with Crippen molar-refractivity contribution in [2.75, 3.05) is 20.6 Å². The zero-order valence-corrected chi connectivity index (χ0v) is 9.32. The summed E-state index contributed by atoms with van der Waals surface area (Å²) in [6.45, 7) is 4.99. The Morgan fingerprint density at radius 2 is 2.29 bits per heavy atom. The molecule has 0 radical (unpaired) electrons. The molecule has 1 aliphatic rings. The summed E-state index contributed by atoms with van der Waals surface area (Å²) in [7, 11) is 4.02. The molecule has 0 aromatic heterocycles. The third-order valence-electron chi connectivity index (χ3n) is 3.30. The molecule has 2 unspecified atom stereocenters. The number of carboxylic acid groups (broad SMARTS) is 1. The minimum absolute atomic E-state index is 0.214. The maximum atomic E-state index is 10.7. The van der Waals surface area contributed by atoms with Crippen molar-refractivity contribution >= 4 is 11.8 Å². The Kier molecular flexibility index (Phi) is 3.13. The second-order valence-corrected chi connectivity index (χ2v) is 4.14. The Balaban J connectivity index is 2.79. The van der Waals surface area contributed by atoms with Crippen molar-refractivity contribution < 1.29 is 14.5 Å². The molecule has 14 heavy (non-hydrogen) atoms. The van der Waals surface area contributed by atoms with Crippen LogP contribution in [0.5, 0.6) is 0 Å². The largest absolute Gasteiger partial charge is 0.481 e. The second-order valence-electron chi connectivity index (χ2n) is 4.14. The number of hydrogen-bond acceptors (Lipinski definition) is 2. The van der Waals surface area contributed by atoms with Crippen LogP contribution < -0.4 is 0 Å². The average Bonchev–Trinajstić information content (AvgIpc) is 2.10. The highest BCUT2D eigenvalue weighted by Crippen LogP contribution is 2.18. The molecule has 1 heterocycles. The van der Waals surface area contributed by atoms with Gasteiger partial charge in [0.1, 0.15) is 0 Å². The summed E-state index contributed by atoms with van der Waals surface area (Å²) < 4.78 is 2.12. The van der Waals surface area contributed by atoms with Gasteiger partial charge < -0.3 is 5.11 Å². The van der Waals surface area contributed by atoms with E-state index in [1.165, 1.54) is 5.84 Å². The van der Waals surface area contributed by atoms with Crippen molar-refractivity contribution in [1.29, 1.82) is 0 Å². The standard InChI is InChI=1S/C10H18N2O2/c1-7-9(5-10(13)14)6-11(3)8(2)12(7)4/h7,9H,5-6H2,1-4H3/p+1. The molecular weight excluding hydrogens is 180 g/mol. The Morgan fingerprint density at radius 1 is 1.71 bits per heavy atom. The van der Waals surface area contributed by atoms with E-state index in [9.17, 15) is 4.79 Å².